The predicted octanol–water partition coefficient (Wildman–Crippen LogP) is 3.53. The van der Waals surface area contributed by atoms with Crippen LogP contribution in [0.4, 0.5) is 9.18 Å². The second-order valence-electron chi connectivity index (χ2n) is 5.74. The fourth-order valence-electron chi connectivity index (χ4n) is 2.51. The largest absolute Gasteiger partial charge is 0.338 e. The zero-order valence-electron chi connectivity index (χ0n) is 13.7. The normalized spacial score (nSPS) is 10.4. The standard InChI is InChI=1S/C19H23FN2O/c1-14-6-7-17(15(2)12-14)9-11-22-19(23)21-10-8-16-4-3-5-18(20)13-16/h3-7,12-13H,8-11H2,1-2H3,(H2,21,22,23). The third-order valence-electron chi connectivity index (χ3n) is 3.77. The first kappa shape index (κ1) is 17.0. The molecule has 2 rings (SSSR count). The second-order valence-corrected chi connectivity index (χ2v) is 5.74. The Balaban J connectivity index is 1.67. The van der Waals surface area contributed by atoms with Gasteiger partial charge in [0.2, 0.25) is 0 Å². The number of halogens is 1. The molecular formula is C19H23FN2O. The molecule has 0 aliphatic heterocycles. The van der Waals surface area contributed by atoms with E-state index in [0.29, 0.717) is 19.5 Å². The minimum atomic E-state index is -0.250. The number of hydrogen-bond acceptors (Lipinski definition) is 1. The number of carbonyl (C=O) groups excluding carboxylic acids is 1. The van der Waals surface area contributed by atoms with Crippen LogP contribution < -0.4 is 10.6 Å². The molecule has 0 saturated heterocycles. The third kappa shape index (κ3) is 5.74. The smallest absolute Gasteiger partial charge is 0.314 e. The van der Waals surface area contributed by atoms with Crippen LogP contribution in [0.25, 0.3) is 0 Å². The van der Waals surface area contributed by atoms with E-state index in [0.717, 1.165) is 12.0 Å². The molecule has 0 aliphatic rings. The Morgan fingerprint density at radius 1 is 1.00 bits per heavy atom. The maximum atomic E-state index is 13.0. The van der Waals surface area contributed by atoms with Gasteiger partial charge in [0.1, 0.15) is 5.82 Å². The first-order valence-electron chi connectivity index (χ1n) is 7.87. The molecule has 2 N–H and O–H groups in total. The fraction of sp³-hybridized carbons (Fsp3) is 0.316. The topological polar surface area (TPSA) is 41.1 Å². The van der Waals surface area contributed by atoms with Crippen LogP contribution in [-0.4, -0.2) is 19.1 Å². The monoisotopic (exact) mass is 314 g/mol. The Bertz CT molecular complexity index is 670. The predicted molar refractivity (Wildman–Crippen MR) is 91.1 cm³/mol. The fourth-order valence-corrected chi connectivity index (χ4v) is 2.51. The lowest BCUT2D eigenvalue weighted by molar-refractivity contribution is 0.241. The van der Waals surface area contributed by atoms with Crippen molar-refractivity contribution in [2.75, 3.05) is 13.1 Å². The molecule has 0 heterocycles. The van der Waals surface area contributed by atoms with E-state index in [1.165, 1.54) is 28.8 Å². The highest BCUT2D eigenvalue weighted by Gasteiger charge is 2.02. The summed E-state index contributed by atoms with van der Waals surface area (Å²) < 4.78 is 13.0. The van der Waals surface area contributed by atoms with Gasteiger partial charge < -0.3 is 10.6 Å². The van der Waals surface area contributed by atoms with Crippen LogP contribution in [0.15, 0.2) is 42.5 Å². The van der Waals surface area contributed by atoms with Crippen molar-refractivity contribution in [3.8, 4) is 0 Å². The van der Waals surface area contributed by atoms with Crippen molar-refractivity contribution >= 4 is 6.03 Å². The minimum Gasteiger partial charge on any atom is -0.338 e. The van der Waals surface area contributed by atoms with E-state index < -0.39 is 0 Å². The van der Waals surface area contributed by atoms with Gasteiger partial charge in [0.15, 0.2) is 0 Å². The number of hydrogen-bond donors (Lipinski definition) is 2. The van der Waals surface area contributed by atoms with Crippen molar-refractivity contribution in [1.29, 1.82) is 0 Å². The molecule has 122 valence electrons. The van der Waals surface area contributed by atoms with Gasteiger partial charge in [0, 0.05) is 13.1 Å². The molecule has 0 radical (unpaired) electrons. The highest BCUT2D eigenvalue weighted by molar-refractivity contribution is 5.73. The van der Waals surface area contributed by atoms with Gasteiger partial charge >= 0.3 is 6.03 Å². The number of benzene rings is 2. The molecular weight excluding hydrogens is 291 g/mol. The third-order valence-corrected chi connectivity index (χ3v) is 3.77. The van der Waals surface area contributed by atoms with Crippen molar-refractivity contribution in [3.63, 3.8) is 0 Å². The van der Waals surface area contributed by atoms with Crippen LogP contribution >= 0.6 is 0 Å². The maximum absolute atomic E-state index is 13.0. The Labute approximate surface area is 136 Å². The lowest BCUT2D eigenvalue weighted by Crippen LogP contribution is -2.37. The van der Waals surface area contributed by atoms with Crippen molar-refractivity contribution in [3.05, 3.63) is 70.5 Å². The van der Waals surface area contributed by atoms with E-state index in [4.69, 9.17) is 0 Å². The average molecular weight is 314 g/mol. The summed E-state index contributed by atoms with van der Waals surface area (Å²) in [6.07, 6.45) is 1.42. The summed E-state index contributed by atoms with van der Waals surface area (Å²) in [5.74, 6) is -0.250. The second kappa shape index (κ2) is 8.32. The Morgan fingerprint density at radius 3 is 2.43 bits per heavy atom. The Hall–Kier alpha value is -2.36. The van der Waals surface area contributed by atoms with Crippen molar-refractivity contribution < 1.29 is 9.18 Å². The quantitative estimate of drug-likeness (QED) is 0.841. The summed E-state index contributed by atoms with van der Waals surface area (Å²) >= 11 is 0. The zero-order chi connectivity index (χ0) is 16.7. The molecule has 0 unspecified atom stereocenters. The van der Waals surface area contributed by atoms with Crippen LogP contribution in [0.5, 0.6) is 0 Å². The van der Waals surface area contributed by atoms with Crippen LogP contribution in [0.1, 0.15) is 22.3 Å². The lowest BCUT2D eigenvalue weighted by Gasteiger charge is -2.10. The summed E-state index contributed by atoms with van der Waals surface area (Å²) in [5, 5.41) is 5.63. The van der Waals surface area contributed by atoms with Gasteiger partial charge in [0.25, 0.3) is 0 Å². The number of aryl methyl sites for hydroxylation is 2. The molecule has 0 saturated carbocycles. The van der Waals surface area contributed by atoms with E-state index in [-0.39, 0.29) is 11.8 Å². The van der Waals surface area contributed by atoms with Gasteiger partial charge in [0.05, 0.1) is 0 Å². The summed E-state index contributed by atoms with van der Waals surface area (Å²) in [6, 6.07) is 12.6. The van der Waals surface area contributed by atoms with Crippen molar-refractivity contribution in [2.45, 2.75) is 26.7 Å². The van der Waals surface area contributed by atoms with Gasteiger partial charge in [-0.3, -0.25) is 0 Å². The summed E-state index contributed by atoms with van der Waals surface area (Å²) in [5.41, 5.74) is 4.61. The van der Waals surface area contributed by atoms with Crippen LogP contribution in [-0.2, 0) is 12.8 Å². The van der Waals surface area contributed by atoms with Crippen LogP contribution in [0.3, 0.4) is 0 Å². The molecule has 4 heteroatoms. The van der Waals surface area contributed by atoms with Gasteiger partial charge in [-0.25, -0.2) is 9.18 Å². The first-order valence-corrected chi connectivity index (χ1v) is 7.87. The molecule has 0 spiro atoms. The van der Waals surface area contributed by atoms with Crippen LogP contribution in [0, 0.1) is 19.7 Å². The molecule has 3 nitrogen and oxygen atoms in total. The van der Waals surface area contributed by atoms with Gasteiger partial charge in [-0.15, -0.1) is 0 Å². The maximum Gasteiger partial charge on any atom is 0.314 e. The molecule has 2 aromatic rings. The Morgan fingerprint density at radius 2 is 1.74 bits per heavy atom. The Kier molecular flexibility index (Phi) is 6.15. The summed E-state index contributed by atoms with van der Waals surface area (Å²) in [6.45, 7) is 5.23. The van der Waals surface area contributed by atoms with Gasteiger partial charge in [-0.2, -0.15) is 0 Å². The molecule has 2 amide bonds. The molecule has 0 fully saturated rings. The number of rotatable bonds is 6. The summed E-state index contributed by atoms with van der Waals surface area (Å²) in [7, 11) is 0. The van der Waals surface area contributed by atoms with E-state index in [2.05, 4.69) is 42.7 Å². The average Bonchev–Trinajstić information content (AvgIpc) is 2.49. The molecule has 0 bridgehead atoms. The molecule has 0 atom stereocenters. The van der Waals surface area contributed by atoms with Crippen molar-refractivity contribution in [1.82, 2.24) is 10.6 Å². The van der Waals surface area contributed by atoms with Crippen molar-refractivity contribution in [2.24, 2.45) is 0 Å². The summed E-state index contributed by atoms with van der Waals surface area (Å²) in [4.78, 5) is 11.7. The van der Waals surface area contributed by atoms with Crippen LogP contribution in [0.2, 0.25) is 0 Å². The van der Waals surface area contributed by atoms with E-state index in [9.17, 15) is 9.18 Å². The number of amides is 2. The number of carbonyl (C=O) groups is 1. The highest BCUT2D eigenvalue weighted by Crippen LogP contribution is 2.10. The molecule has 0 aliphatic carbocycles. The number of nitrogens with one attached hydrogen (secondary N) is 2. The molecule has 2 aromatic carbocycles. The molecule has 0 aromatic heterocycles. The lowest BCUT2D eigenvalue weighted by atomic mass is 10.0. The zero-order valence-corrected chi connectivity index (χ0v) is 13.7. The highest BCUT2D eigenvalue weighted by atomic mass is 19.1. The van der Waals surface area contributed by atoms with Gasteiger partial charge in [-0.1, -0.05) is 35.9 Å². The first-order chi connectivity index (χ1) is 11.0. The molecule has 23 heavy (non-hydrogen) atoms. The van der Waals surface area contributed by atoms with E-state index >= 15 is 0 Å². The number of urea groups is 1. The SMILES string of the molecule is Cc1ccc(CCNC(=O)NCCc2cccc(F)c2)c(C)c1. The van der Waals surface area contributed by atoms with E-state index in [1.807, 2.05) is 6.07 Å². The van der Waals surface area contributed by atoms with Gasteiger partial charge in [-0.05, 0) is 55.5 Å². The minimum absolute atomic E-state index is 0.189. The van der Waals surface area contributed by atoms with E-state index in [1.54, 1.807) is 6.07 Å².